The highest BCUT2D eigenvalue weighted by Crippen LogP contribution is 1.98. The first-order valence-corrected chi connectivity index (χ1v) is 3.68. The summed E-state index contributed by atoms with van der Waals surface area (Å²) in [5, 5.41) is 1.32. The highest BCUT2D eigenvalue weighted by atomic mass is 16.7. The quantitative estimate of drug-likeness (QED) is 0.619. The summed E-state index contributed by atoms with van der Waals surface area (Å²) in [6, 6.07) is 0. The fourth-order valence-corrected chi connectivity index (χ4v) is 0.620. The molecule has 0 saturated heterocycles. The average molecular weight is 166 g/mol. The molecule has 0 fully saturated rings. The predicted octanol–water partition coefficient (Wildman–Crippen LogP) is 1.23. The van der Waals surface area contributed by atoms with Gasteiger partial charge in [0.1, 0.15) is 0 Å². The number of allylic oxidation sites excluding steroid dienone is 1. The van der Waals surface area contributed by atoms with Gasteiger partial charge in [-0.2, -0.15) is 5.06 Å². The molecule has 1 heterocycles. The van der Waals surface area contributed by atoms with Crippen LogP contribution in [0.15, 0.2) is 29.7 Å². The number of hydroxylamine groups is 2. The smallest absolute Gasteiger partial charge is 0.332 e. The summed E-state index contributed by atoms with van der Waals surface area (Å²) >= 11 is 0. The Balaban J connectivity index is 2.48. The average Bonchev–Trinajstić information content (AvgIpc) is 2.33. The van der Waals surface area contributed by atoms with Crippen molar-refractivity contribution in [3.05, 3.63) is 24.7 Å². The van der Waals surface area contributed by atoms with Gasteiger partial charge < -0.3 is 4.84 Å². The number of aliphatic imine (C=N–C) groups is 1. The van der Waals surface area contributed by atoms with Crippen LogP contribution in [0.5, 0.6) is 0 Å². The molecule has 1 aliphatic rings. The van der Waals surface area contributed by atoms with Crippen LogP contribution in [-0.4, -0.2) is 17.2 Å². The van der Waals surface area contributed by atoms with Gasteiger partial charge in [0.2, 0.25) is 0 Å². The Kier molecular flexibility index (Phi) is 3.07. The van der Waals surface area contributed by atoms with Crippen LogP contribution in [0.3, 0.4) is 0 Å². The first kappa shape index (κ1) is 8.52. The van der Waals surface area contributed by atoms with E-state index in [9.17, 15) is 4.79 Å². The molecule has 0 aromatic carbocycles. The zero-order chi connectivity index (χ0) is 8.81. The van der Waals surface area contributed by atoms with Crippen LogP contribution in [0.25, 0.3) is 0 Å². The molecule has 1 rings (SSSR count). The number of nitrogens with zero attached hydrogens (tertiary/aromatic N) is 2. The number of hydrogen-bond donors (Lipinski definition) is 0. The molecular weight excluding hydrogens is 156 g/mol. The lowest BCUT2D eigenvalue weighted by Crippen LogP contribution is -2.15. The van der Waals surface area contributed by atoms with Crippen LogP contribution >= 0.6 is 0 Å². The lowest BCUT2D eigenvalue weighted by Gasteiger charge is -2.12. The van der Waals surface area contributed by atoms with E-state index in [4.69, 9.17) is 4.84 Å². The molecule has 0 bridgehead atoms. The Morgan fingerprint density at radius 2 is 2.42 bits per heavy atom. The van der Waals surface area contributed by atoms with Gasteiger partial charge in [-0.15, -0.1) is 0 Å². The lowest BCUT2D eigenvalue weighted by atomic mass is 10.5. The Morgan fingerprint density at radius 3 is 3.17 bits per heavy atom. The molecule has 0 spiro atoms. The molecule has 12 heavy (non-hydrogen) atoms. The Bertz CT molecular complexity index is 227. The van der Waals surface area contributed by atoms with Crippen LogP contribution in [0.1, 0.15) is 13.3 Å². The van der Waals surface area contributed by atoms with Crippen LogP contribution in [-0.2, 0) is 9.63 Å². The van der Waals surface area contributed by atoms with Crippen molar-refractivity contribution >= 4 is 12.2 Å². The molecular formula is C8H10N2O2. The Morgan fingerprint density at radius 1 is 1.58 bits per heavy atom. The molecule has 0 saturated carbocycles. The number of rotatable bonds is 2. The third kappa shape index (κ3) is 2.57. The number of carbonyl (C=O) groups excluding carboxylic acids is 1. The van der Waals surface area contributed by atoms with E-state index in [0.29, 0.717) is 6.42 Å². The van der Waals surface area contributed by atoms with Crippen molar-refractivity contribution in [2.24, 2.45) is 4.99 Å². The zero-order valence-corrected chi connectivity index (χ0v) is 6.80. The summed E-state index contributed by atoms with van der Waals surface area (Å²) in [5.74, 6) is -0.272. The molecule has 4 heteroatoms. The Labute approximate surface area is 70.8 Å². The molecule has 0 radical (unpaired) electrons. The molecule has 1 aliphatic heterocycles. The number of carbonyl (C=O) groups is 1. The van der Waals surface area contributed by atoms with Gasteiger partial charge in [0.25, 0.3) is 0 Å². The van der Waals surface area contributed by atoms with Crippen LogP contribution < -0.4 is 0 Å². The van der Waals surface area contributed by atoms with E-state index in [1.807, 2.05) is 0 Å². The summed E-state index contributed by atoms with van der Waals surface area (Å²) in [5.41, 5.74) is 0. The zero-order valence-electron chi connectivity index (χ0n) is 6.80. The molecule has 0 unspecified atom stereocenters. The highest BCUT2D eigenvalue weighted by Gasteiger charge is 2.02. The highest BCUT2D eigenvalue weighted by molar-refractivity contribution is 5.72. The standard InChI is InChI=1S/C8H10N2O2/c1-2-8(11)12-10-6-3-4-9-5-7-10/h3-7H,2H2,1H3. The summed E-state index contributed by atoms with van der Waals surface area (Å²) in [6.07, 6.45) is 8.37. The van der Waals surface area contributed by atoms with Crippen molar-refractivity contribution in [1.82, 2.24) is 5.06 Å². The minimum Gasteiger partial charge on any atom is -0.337 e. The van der Waals surface area contributed by atoms with E-state index < -0.39 is 0 Å². The normalized spacial score (nSPS) is 14.6. The van der Waals surface area contributed by atoms with E-state index in [1.54, 1.807) is 37.8 Å². The van der Waals surface area contributed by atoms with E-state index in [1.165, 1.54) is 5.06 Å². The Hall–Kier alpha value is -1.58. The van der Waals surface area contributed by atoms with E-state index >= 15 is 0 Å². The van der Waals surface area contributed by atoms with Crippen molar-refractivity contribution in [3.8, 4) is 0 Å². The van der Waals surface area contributed by atoms with Crippen molar-refractivity contribution in [1.29, 1.82) is 0 Å². The van der Waals surface area contributed by atoms with E-state index in [2.05, 4.69) is 4.99 Å². The van der Waals surface area contributed by atoms with Crippen molar-refractivity contribution in [3.63, 3.8) is 0 Å². The second-order valence-corrected chi connectivity index (χ2v) is 2.11. The first-order valence-electron chi connectivity index (χ1n) is 3.68. The van der Waals surface area contributed by atoms with Gasteiger partial charge in [-0.1, -0.05) is 6.92 Å². The maximum Gasteiger partial charge on any atom is 0.332 e. The minimum absolute atomic E-state index is 0.272. The van der Waals surface area contributed by atoms with Crippen molar-refractivity contribution in [2.45, 2.75) is 13.3 Å². The van der Waals surface area contributed by atoms with E-state index in [0.717, 1.165) is 0 Å². The summed E-state index contributed by atoms with van der Waals surface area (Å²) in [7, 11) is 0. The maximum absolute atomic E-state index is 10.8. The lowest BCUT2D eigenvalue weighted by molar-refractivity contribution is -0.168. The fraction of sp³-hybridized carbons (Fsp3) is 0.250. The SMILES string of the molecule is CCC(=O)ON1C=CC=NC=C1. The van der Waals surface area contributed by atoms with E-state index in [-0.39, 0.29) is 5.97 Å². The van der Waals surface area contributed by atoms with Gasteiger partial charge in [0.15, 0.2) is 0 Å². The van der Waals surface area contributed by atoms with Gasteiger partial charge in [-0.3, -0.25) is 4.99 Å². The largest absolute Gasteiger partial charge is 0.337 e. The van der Waals surface area contributed by atoms with Gasteiger partial charge in [0, 0.05) is 25.0 Å². The molecule has 0 aromatic rings. The fourth-order valence-electron chi connectivity index (χ4n) is 0.620. The molecule has 0 aromatic heterocycles. The van der Waals surface area contributed by atoms with Gasteiger partial charge in [-0.25, -0.2) is 4.79 Å². The third-order valence-electron chi connectivity index (χ3n) is 1.20. The minimum atomic E-state index is -0.272. The number of hydrogen-bond acceptors (Lipinski definition) is 4. The summed E-state index contributed by atoms with van der Waals surface area (Å²) in [4.78, 5) is 19.5. The molecule has 64 valence electrons. The molecule has 0 amide bonds. The van der Waals surface area contributed by atoms with Gasteiger partial charge in [-0.05, 0) is 6.08 Å². The van der Waals surface area contributed by atoms with Gasteiger partial charge >= 0.3 is 5.97 Å². The molecule has 0 atom stereocenters. The van der Waals surface area contributed by atoms with Crippen molar-refractivity contribution in [2.75, 3.05) is 0 Å². The van der Waals surface area contributed by atoms with Crippen molar-refractivity contribution < 1.29 is 9.63 Å². The van der Waals surface area contributed by atoms with Crippen LogP contribution in [0.2, 0.25) is 0 Å². The first-order chi connectivity index (χ1) is 5.83. The second kappa shape index (κ2) is 4.33. The predicted molar refractivity (Wildman–Crippen MR) is 45.0 cm³/mol. The molecule has 0 N–H and O–H groups in total. The monoisotopic (exact) mass is 166 g/mol. The topological polar surface area (TPSA) is 41.9 Å². The second-order valence-electron chi connectivity index (χ2n) is 2.11. The summed E-state index contributed by atoms with van der Waals surface area (Å²) < 4.78 is 0. The van der Waals surface area contributed by atoms with Gasteiger partial charge in [0.05, 0.1) is 6.20 Å². The maximum atomic E-state index is 10.8. The third-order valence-corrected chi connectivity index (χ3v) is 1.20. The molecule has 0 aliphatic carbocycles. The molecule has 4 nitrogen and oxygen atoms in total. The van der Waals surface area contributed by atoms with Crippen LogP contribution in [0, 0.1) is 0 Å². The summed E-state index contributed by atoms with van der Waals surface area (Å²) in [6.45, 7) is 1.74. The van der Waals surface area contributed by atoms with Crippen LogP contribution in [0.4, 0.5) is 0 Å².